The molecular weight excluding hydrogens is 328 g/mol. The van der Waals surface area contributed by atoms with Crippen LogP contribution in [-0.2, 0) is 0 Å². The SMILES string of the molecule is CCCCCCOc1ccc(/C=C/C(=O)c2ccc(O)c(OC)c2)cc1. The maximum atomic E-state index is 12.2. The molecule has 0 unspecified atom stereocenters. The number of carbonyl (C=O) groups is 1. The first-order chi connectivity index (χ1) is 12.6. The van der Waals surface area contributed by atoms with E-state index in [0.29, 0.717) is 5.56 Å². The van der Waals surface area contributed by atoms with Crippen LogP contribution < -0.4 is 9.47 Å². The molecule has 0 heterocycles. The number of hydrogen-bond donors (Lipinski definition) is 1. The molecule has 0 bridgehead atoms. The van der Waals surface area contributed by atoms with E-state index in [0.717, 1.165) is 24.3 Å². The fourth-order valence-electron chi connectivity index (χ4n) is 2.49. The number of ether oxygens (including phenoxy) is 2. The number of methoxy groups -OCH3 is 1. The van der Waals surface area contributed by atoms with Crippen molar-refractivity contribution in [1.29, 1.82) is 0 Å². The van der Waals surface area contributed by atoms with E-state index >= 15 is 0 Å². The second kappa shape index (κ2) is 10.3. The highest BCUT2D eigenvalue weighted by Gasteiger charge is 2.07. The molecule has 0 radical (unpaired) electrons. The largest absolute Gasteiger partial charge is 0.504 e. The van der Waals surface area contributed by atoms with Crippen LogP contribution in [0.4, 0.5) is 0 Å². The van der Waals surface area contributed by atoms with Gasteiger partial charge in [0.2, 0.25) is 0 Å². The van der Waals surface area contributed by atoms with E-state index in [2.05, 4.69) is 6.92 Å². The van der Waals surface area contributed by atoms with E-state index < -0.39 is 0 Å². The van der Waals surface area contributed by atoms with Crippen LogP contribution in [0.25, 0.3) is 6.08 Å². The van der Waals surface area contributed by atoms with Crippen molar-refractivity contribution in [3.8, 4) is 17.2 Å². The van der Waals surface area contributed by atoms with Crippen molar-refractivity contribution in [2.24, 2.45) is 0 Å². The Balaban J connectivity index is 1.90. The molecule has 2 aromatic rings. The lowest BCUT2D eigenvalue weighted by molar-refractivity contribution is 0.104. The molecule has 0 spiro atoms. The summed E-state index contributed by atoms with van der Waals surface area (Å²) < 4.78 is 10.7. The third-order valence-electron chi connectivity index (χ3n) is 4.04. The Morgan fingerprint density at radius 2 is 1.85 bits per heavy atom. The van der Waals surface area contributed by atoms with Crippen molar-refractivity contribution in [2.75, 3.05) is 13.7 Å². The van der Waals surface area contributed by atoms with Crippen molar-refractivity contribution >= 4 is 11.9 Å². The second-order valence-electron chi connectivity index (χ2n) is 6.06. The molecule has 0 saturated heterocycles. The Morgan fingerprint density at radius 1 is 1.08 bits per heavy atom. The number of rotatable bonds is 10. The molecule has 0 atom stereocenters. The molecule has 4 nitrogen and oxygen atoms in total. The lowest BCUT2D eigenvalue weighted by atomic mass is 10.1. The maximum absolute atomic E-state index is 12.2. The Kier molecular flexibility index (Phi) is 7.75. The van der Waals surface area contributed by atoms with E-state index in [-0.39, 0.29) is 17.3 Å². The van der Waals surface area contributed by atoms with Gasteiger partial charge >= 0.3 is 0 Å². The summed E-state index contributed by atoms with van der Waals surface area (Å²) in [5.74, 6) is 0.982. The Labute approximate surface area is 155 Å². The quantitative estimate of drug-likeness (QED) is 0.359. The molecule has 4 heteroatoms. The van der Waals surface area contributed by atoms with E-state index in [1.807, 2.05) is 24.3 Å². The standard InChI is InChI=1S/C22H26O4/c1-3-4-5-6-15-26-19-11-7-17(8-12-19)9-13-20(23)18-10-14-21(24)22(16-18)25-2/h7-14,16,24H,3-6,15H2,1-2H3/b13-9+. The van der Waals surface area contributed by atoms with Gasteiger partial charge in [0.25, 0.3) is 0 Å². The van der Waals surface area contributed by atoms with E-state index in [9.17, 15) is 9.90 Å². The third kappa shape index (κ3) is 5.96. The number of unbranched alkanes of at least 4 members (excludes halogenated alkanes) is 3. The zero-order valence-electron chi connectivity index (χ0n) is 15.4. The van der Waals surface area contributed by atoms with Crippen molar-refractivity contribution in [3.63, 3.8) is 0 Å². The Morgan fingerprint density at radius 3 is 2.54 bits per heavy atom. The van der Waals surface area contributed by atoms with Gasteiger partial charge in [-0.3, -0.25) is 4.79 Å². The Hall–Kier alpha value is -2.75. The van der Waals surface area contributed by atoms with Gasteiger partial charge in [0.05, 0.1) is 13.7 Å². The van der Waals surface area contributed by atoms with Gasteiger partial charge in [-0.15, -0.1) is 0 Å². The zero-order valence-corrected chi connectivity index (χ0v) is 15.4. The summed E-state index contributed by atoms with van der Waals surface area (Å²) in [6.07, 6.45) is 7.99. The van der Waals surface area contributed by atoms with E-state index in [4.69, 9.17) is 9.47 Å². The molecular formula is C22H26O4. The molecule has 0 fully saturated rings. The molecule has 2 rings (SSSR count). The number of allylic oxidation sites excluding steroid dienone is 1. The van der Waals surface area contributed by atoms with Gasteiger partial charge in [-0.05, 0) is 48.4 Å². The summed E-state index contributed by atoms with van der Waals surface area (Å²) in [5.41, 5.74) is 1.38. The molecule has 0 saturated carbocycles. The van der Waals surface area contributed by atoms with Crippen LogP contribution in [0.5, 0.6) is 17.2 Å². The number of aromatic hydroxyl groups is 1. The highest BCUT2D eigenvalue weighted by Crippen LogP contribution is 2.26. The highest BCUT2D eigenvalue weighted by atomic mass is 16.5. The molecule has 0 aliphatic heterocycles. The predicted octanol–water partition coefficient (Wildman–Crippen LogP) is 5.26. The molecule has 0 aromatic heterocycles. The number of phenolic OH excluding ortho intramolecular Hbond substituents is 1. The average molecular weight is 354 g/mol. The van der Waals surface area contributed by atoms with Crippen molar-refractivity contribution < 1.29 is 19.4 Å². The van der Waals surface area contributed by atoms with Gasteiger partial charge in [0.1, 0.15) is 5.75 Å². The average Bonchev–Trinajstić information content (AvgIpc) is 2.67. The number of carbonyl (C=O) groups excluding carboxylic acids is 1. The van der Waals surface area contributed by atoms with Gasteiger partial charge in [-0.25, -0.2) is 0 Å². The lowest BCUT2D eigenvalue weighted by Crippen LogP contribution is -1.97. The van der Waals surface area contributed by atoms with Crippen LogP contribution in [0.1, 0.15) is 48.5 Å². The van der Waals surface area contributed by atoms with Gasteiger partial charge < -0.3 is 14.6 Å². The summed E-state index contributed by atoms with van der Waals surface area (Å²) in [6.45, 7) is 2.92. The minimum absolute atomic E-state index is 0.0123. The van der Waals surface area contributed by atoms with Crippen LogP contribution in [0.2, 0.25) is 0 Å². The number of ketones is 1. The smallest absolute Gasteiger partial charge is 0.185 e. The van der Waals surface area contributed by atoms with Crippen molar-refractivity contribution in [2.45, 2.75) is 32.6 Å². The van der Waals surface area contributed by atoms with Crippen LogP contribution in [-0.4, -0.2) is 24.6 Å². The monoisotopic (exact) mass is 354 g/mol. The normalized spacial score (nSPS) is 10.8. The minimum atomic E-state index is -0.153. The number of hydrogen-bond acceptors (Lipinski definition) is 4. The number of phenols is 1. The predicted molar refractivity (Wildman–Crippen MR) is 104 cm³/mol. The molecule has 0 amide bonds. The van der Waals surface area contributed by atoms with Gasteiger partial charge in [-0.1, -0.05) is 44.4 Å². The third-order valence-corrected chi connectivity index (χ3v) is 4.04. The summed E-state index contributed by atoms with van der Waals surface area (Å²) in [6, 6.07) is 12.2. The fourth-order valence-corrected chi connectivity index (χ4v) is 2.49. The first-order valence-corrected chi connectivity index (χ1v) is 8.96. The molecule has 26 heavy (non-hydrogen) atoms. The van der Waals surface area contributed by atoms with Crippen molar-refractivity contribution in [1.82, 2.24) is 0 Å². The summed E-state index contributed by atoms with van der Waals surface area (Å²) in [5, 5.41) is 9.59. The van der Waals surface area contributed by atoms with Gasteiger partial charge in [0, 0.05) is 5.56 Å². The van der Waals surface area contributed by atoms with Gasteiger partial charge in [-0.2, -0.15) is 0 Å². The fraction of sp³-hybridized carbons (Fsp3) is 0.318. The van der Waals surface area contributed by atoms with Crippen LogP contribution >= 0.6 is 0 Å². The highest BCUT2D eigenvalue weighted by molar-refractivity contribution is 6.07. The van der Waals surface area contributed by atoms with Crippen molar-refractivity contribution in [3.05, 3.63) is 59.7 Å². The first-order valence-electron chi connectivity index (χ1n) is 8.96. The lowest BCUT2D eigenvalue weighted by Gasteiger charge is -2.06. The summed E-state index contributed by atoms with van der Waals surface area (Å²) >= 11 is 0. The molecule has 0 aliphatic rings. The maximum Gasteiger partial charge on any atom is 0.185 e. The molecule has 0 aliphatic carbocycles. The molecule has 1 N–H and O–H groups in total. The van der Waals surface area contributed by atoms with Gasteiger partial charge in [0.15, 0.2) is 17.3 Å². The number of benzene rings is 2. The van der Waals surface area contributed by atoms with E-state index in [1.165, 1.54) is 44.6 Å². The van der Waals surface area contributed by atoms with Crippen LogP contribution in [0.3, 0.4) is 0 Å². The molecule has 2 aromatic carbocycles. The van der Waals surface area contributed by atoms with Crippen LogP contribution in [0, 0.1) is 0 Å². The van der Waals surface area contributed by atoms with Crippen LogP contribution in [0.15, 0.2) is 48.5 Å². The summed E-state index contributed by atoms with van der Waals surface area (Å²) in [7, 11) is 1.45. The first kappa shape index (κ1) is 19.6. The molecule has 138 valence electrons. The zero-order chi connectivity index (χ0) is 18.8. The minimum Gasteiger partial charge on any atom is -0.504 e. The Bertz CT molecular complexity index is 732. The topological polar surface area (TPSA) is 55.8 Å². The second-order valence-corrected chi connectivity index (χ2v) is 6.06. The summed E-state index contributed by atoms with van der Waals surface area (Å²) in [4.78, 5) is 12.2. The van der Waals surface area contributed by atoms with E-state index in [1.54, 1.807) is 12.1 Å².